The molecule has 36 heavy (non-hydrogen) atoms. The van der Waals surface area contributed by atoms with Crippen molar-refractivity contribution in [1.82, 2.24) is 4.98 Å². The average molecular weight is 463 g/mol. The molecule has 0 N–H and O–H groups in total. The highest BCUT2D eigenvalue weighted by Gasteiger charge is 2.16. The molecule has 0 fully saturated rings. The Morgan fingerprint density at radius 1 is 0.528 bits per heavy atom. The lowest BCUT2D eigenvalue weighted by atomic mass is 10.00. The molecule has 0 saturated carbocycles. The Balaban J connectivity index is 1.43. The number of benzene rings is 6. The molecule has 170 valence electrons. The highest BCUT2D eigenvalue weighted by molar-refractivity contribution is 6.18. The van der Waals surface area contributed by atoms with E-state index in [9.17, 15) is 0 Å². The van der Waals surface area contributed by atoms with Crippen molar-refractivity contribution in [2.75, 3.05) is 4.90 Å². The minimum Gasteiger partial charge on any atom is -0.435 e. The maximum atomic E-state index is 6.37. The van der Waals surface area contributed by atoms with Crippen LogP contribution in [0.25, 0.3) is 44.1 Å². The van der Waals surface area contributed by atoms with Gasteiger partial charge in [-0.15, -0.1) is 0 Å². The van der Waals surface area contributed by atoms with Crippen molar-refractivity contribution in [3.63, 3.8) is 0 Å². The second kappa shape index (κ2) is 8.40. The zero-order valence-corrected chi connectivity index (χ0v) is 19.5. The SMILES string of the molecule is c1ccc(-c2nc3ccc4ccc5cc(N(c6ccccc6)c6ccccc6)ccc5c4c3o2)cc1. The topological polar surface area (TPSA) is 29.3 Å². The van der Waals surface area contributed by atoms with E-state index in [1.807, 2.05) is 48.5 Å². The van der Waals surface area contributed by atoms with Crippen LogP contribution in [0.3, 0.4) is 0 Å². The van der Waals surface area contributed by atoms with E-state index in [1.54, 1.807) is 0 Å². The summed E-state index contributed by atoms with van der Waals surface area (Å²) in [6.45, 7) is 0. The maximum Gasteiger partial charge on any atom is 0.227 e. The predicted molar refractivity (Wildman–Crippen MR) is 149 cm³/mol. The Labute approximate surface area is 208 Å². The van der Waals surface area contributed by atoms with Crippen molar-refractivity contribution in [2.24, 2.45) is 0 Å². The summed E-state index contributed by atoms with van der Waals surface area (Å²) in [4.78, 5) is 7.07. The van der Waals surface area contributed by atoms with Gasteiger partial charge in [0.25, 0.3) is 0 Å². The number of para-hydroxylation sites is 2. The second-order valence-corrected chi connectivity index (χ2v) is 8.87. The van der Waals surface area contributed by atoms with E-state index in [0.717, 1.165) is 55.3 Å². The molecule has 0 atom stereocenters. The van der Waals surface area contributed by atoms with E-state index in [-0.39, 0.29) is 0 Å². The summed E-state index contributed by atoms with van der Waals surface area (Å²) in [6.07, 6.45) is 0. The summed E-state index contributed by atoms with van der Waals surface area (Å²) in [5, 5.41) is 4.54. The van der Waals surface area contributed by atoms with Gasteiger partial charge in [0.2, 0.25) is 5.89 Å². The summed E-state index contributed by atoms with van der Waals surface area (Å²) in [5.41, 5.74) is 6.02. The van der Waals surface area contributed by atoms with E-state index in [1.165, 1.54) is 0 Å². The van der Waals surface area contributed by atoms with Gasteiger partial charge in [-0.05, 0) is 70.8 Å². The number of nitrogens with zero attached hydrogens (tertiary/aromatic N) is 2. The molecule has 0 radical (unpaired) electrons. The Hall–Kier alpha value is -4.89. The van der Waals surface area contributed by atoms with Gasteiger partial charge in [0.15, 0.2) is 5.58 Å². The second-order valence-electron chi connectivity index (χ2n) is 8.87. The Morgan fingerprint density at radius 3 is 1.83 bits per heavy atom. The molecule has 1 aromatic heterocycles. The highest BCUT2D eigenvalue weighted by Crippen LogP contribution is 2.39. The number of oxazole rings is 1. The number of fused-ring (bicyclic) bond motifs is 5. The minimum atomic E-state index is 0.644. The van der Waals surface area contributed by atoms with Gasteiger partial charge in [0, 0.05) is 28.0 Å². The fourth-order valence-electron chi connectivity index (χ4n) is 4.96. The first kappa shape index (κ1) is 20.5. The van der Waals surface area contributed by atoms with Crippen LogP contribution in [0.1, 0.15) is 0 Å². The summed E-state index contributed by atoms with van der Waals surface area (Å²) >= 11 is 0. The normalized spacial score (nSPS) is 11.3. The van der Waals surface area contributed by atoms with Gasteiger partial charge in [0.05, 0.1) is 0 Å². The van der Waals surface area contributed by atoms with Crippen molar-refractivity contribution in [2.45, 2.75) is 0 Å². The summed E-state index contributed by atoms with van der Waals surface area (Å²) in [7, 11) is 0. The molecule has 0 unspecified atom stereocenters. The first-order chi connectivity index (χ1) is 17.8. The molecule has 7 rings (SSSR count). The standard InChI is InChI=1S/C33H22N2O/c1-4-10-24(11-5-1)33-34-30-21-18-23-16-17-25-22-28(19-20-29(25)31(23)32(30)36-33)35(26-12-6-2-7-13-26)27-14-8-3-9-15-27/h1-22H. The first-order valence-corrected chi connectivity index (χ1v) is 12.1. The van der Waals surface area contributed by atoms with E-state index in [4.69, 9.17) is 9.40 Å². The van der Waals surface area contributed by atoms with Gasteiger partial charge >= 0.3 is 0 Å². The number of hydrogen-bond donors (Lipinski definition) is 0. The van der Waals surface area contributed by atoms with Crippen LogP contribution in [0.15, 0.2) is 138 Å². The van der Waals surface area contributed by atoms with Gasteiger partial charge in [-0.1, -0.05) is 78.9 Å². The number of rotatable bonds is 4. The molecule has 0 amide bonds. The molecule has 1 heterocycles. The van der Waals surface area contributed by atoms with Gasteiger partial charge in [-0.2, -0.15) is 0 Å². The zero-order chi connectivity index (χ0) is 23.9. The monoisotopic (exact) mass is 462 g/mol. The van der Waals surface area contributed by atoms with Crippen LogP contribution in [-0.4, -0.2) is 4.98 Å². The molecule has 0 aliphatic rings. The summed E-state index contributed by atoms with van der Waals surface area (Å²) < 4.78 is 6.37. The molecular formula is C33H22N2O. The molecule has 0 bridgehead atoms. The van der Waals surface area contributed by atoms with Gasteiger partial charge in [-0.25, -0.2) is 4.98 Å². The number of hydrogen-bond acceptors (Lipinski definition) is 3. The third-order valence-electron chi connectivity index (χ3n) is 6.64. The van der Waals surface area contributed by atoms with Crippen molar-refractivity contribution in [3.8, 4) is 11.5 Å². The molecule has 0 spiro atoms. The van der Waals surface area contributed by atoms with Crippen LogP contribution in [0.5, 0.6) is 0 Å². The van der Waals surface area contributed by atoms with E-state index in [2.05, 4.69) is 89.8 Å². The van der Waals surface area contributed by atoms with Crippen molar-refractivity contribution >= 4 is 49.7 Å². The van der Waals surface area contributed by atoms with Crippen LogP contribution in [0, 0.1) is 0 Å². The molecule has 7 aromatic rings. The highest BCUT2D eigenvalue weighted by atomic mass is 16.3. The third-order valence-corrected chi connectivity index (χ3v) is 6.64. The van der Waals surface area contributed by atoms with Crippen LogP contribution in [-0.2, 0) is 0 Å². The van der Waals surface area contributed by atoms with Crippen molar-refractivity contribution in [3.05, 3.63) is 133 Å². The largest absolute Gasteiger partial charge is 0.435 e. The Bertz CT molecular complexity index is 1790. The third kappa shape index (κ3) is 3.41. The molecular weight excluding hydrogens is 440 g/mol. The molecule has 6 aromatic carbocycles. The van der Waals surface area contributed by atoms with Crippen molar-refractivity contribution < 1.29 is 4.42 Å². The quantitative estimate of drug-likeness (QED) is 0.244. The lowest BCUT2D eigenvalue weighted by molar-refractivity contribution is 0.623. The Morgan fingerprint density at radius 2 is 1.14 bits per heavy atom. The smallest absolute Gasteiger partial charge is 0.227 e. The molecule has 0 aliphatic heterocycles. The zero-order valence-electron chi connectivity index (χ0n) is 19.5. The van der Waals surface area contributed by atoms with Gasteiger partial charge in [-0.3, -0.25) is 0 Å². The molecule has 3 heteroatoms. The van der Waals surface area contributed by atoms with Gasteiger partial charge < -0.3 is 9.32 Å². The molecule has 3 nitrogen and oxygen atoms in total. The van der Waals surface area contributed by atoms with Gasteiger partial charge in [0.1, 0.15) is 5.52 Å². The minimum absolute atomic E-state index is 0.644. The Kier molecular flexibility index (Phi) is 4.78. The van der Waals surface area contributed by atoms with Crippen molar-refractivity contribution in [1.29, 1.82) is 0 Å². The summed E-state index contributed by atoms with van der Waals surface area (Å²) in [5.74, 6) is 0.644. The van der Waals surface area contributed by atoms with Crippen LogP contribution in [0.2, 0.25) is 0 Å². The fraction of sp³-hybridized carbons (Fsp3) is 0. The maximum absolute atomic E-state index is 6.37. The van der Waals surface area contributed by atoms with Crippen LogP contribution >= 0.6 is 0 Å². The first-order valence-electron chi connectivity index (χ1n) is 12.1. The number of anilines is 3. The molecule has 0 saturated heterocycles. The average Bonchev–Trinajstić information content (AvgIpc) is 3.39. The summed E-state index contributed by atoms with van der Waals surface area (Å²) in [6, 6.07) is 46.2. The predicted octanol–water partition coefficient (Wildman–Crippen LogP) is 9.27. The van der Waals surface area contributed by atoms with E-state index >= 15 is 0 Å². The van der Waals surface area contributed by atoms with Crippen LogP contribution in [0.4, 0.5) is 17.1 Å². The number of aromatic nitrogens is 1. The lowest BCUT2D eigenvalue weighted by Crippen LogP contribution is -2.09. The molecule has 0 aliphatic carbocycles. The van der Waals surface area contributed by atoms with Crippen LogP contribution < -0.4 is 4.90 Å². The van der Waals surface area contributed by atoms with E-state index in [0.29, 0.717) is 5.89 Å². The lowest BCUT2D eigenvalue weighted by Gasteiger charge is -2.25. The fourth-order valence-corrected chi connectivity index (χ4v) is 4.96. The van der Waals surface area contributed by atoms with E-state index < -0.39 is 0 Å².